The molecule has 0 radical (unpaired) electrons. The summed E-state index contributed by atoms with van der Waals surface area (Å²) in [5.41, 5.74) is 3.16. The van der Waals surface area contributed by atoms with E-state index < -0.39 is 16.1 Å². The van der Waals surface area contributed by atoms with Crippen molar-refractivity contribution < 1.29 is 13.2 Å². The minimum Gasteiger partial charge on any atom is -0.307 e. The Morgan fingerprint density at radius 1 is 1.08 bits per heavy atom. The van der Waals surface area contributed by atoms with Gasteiger partial charge in [-0.15, -0.1) is 5.10 Å². The van der Waals surface area contributed by atoms with E-state index in [4.69, 9.17) is 0 Å². The minimum atomic E-state index is -4.10. The molecule has 0 aliphatic heterocycles. The van der Waals surface area contributed by atoms with Gasteiger partial charge in [0.15, 0.2) is 5.03 Å². The number of para-hydroxylation sites is 1. The monoisotopic (exact) mass is 376 g/mol. The summed E-state index contributed by atoms with van der Waals surface area (Å²) < 4.78 is 26.7. The second-order valence-corrected chi connectivity index (χ2v) is 8.38. The third-order valence-electron chi connectivity index (χ3n) is 3.88. The molecule has 0 bridgehead atoms. The maximum atomic E-state index is 12.4. The van der Waals surface area contributed by atoms with Gasteiger partial charge in [0.2, 0.25) is 0 Å². The molecule has 0 aliphatic rings. The van der Waals surface area contributed by atoms with E-state index in [0.717, 1.165) is 11.1 Å². The first-order valence-corrected chi connectivity index (χ1v) is 9.86. The predicted molar refractivity (Wildman–Crippen MR) is 101 cm³/mol. The van der Waals surface area contributed by atoms with Crippen molar-refractivity contribution in [1.29, 1.82) is 0 Å². The predicted octanol–water partition coefficient (Wildman–Crippen LogP) is 3.54. The van der Waals surface area contributed by atoms with E-state index in [1.807, 2.05) is 50.6 Å². The molecule has 2 aromatic rings. The van der Waals surface area contributed by atoms with Gasteiger partial charge in [-0.3, -0.25) is 0 Å². The number of amides is 2. The fourth-order valence-electron chi connectivity index (χ4n) is 2.58. The number of aromatic nitrogens is 2. The van der Waals surface area contributed by atoms with E-state index >= 15 is 0 Å². The molecule has 0 unspecified atom stereocenters. The second-order valence-electron chi connectivity index (χ2n) is 6.75. The van der Waals surface area contributed by atoms with Crippen molar-refractivity contribution in [3.63, 3.8) is 0 Å². The standard InChI is InChI=1S/C18H24N4O3S/c1-11(2)14-7-6-8-15(12(3)4)17(14)20-18(23)22-26(24,25)16-9-13(5)10-19-21-16/h6-12H,1-5H3,(H2,20,22,23). The molecule has 7 nitrogen and oxygen atoms in total. The highest BCUT2D eigenvalue weighted by Gasteiger charge is 2.22. The number of urea groups is 1. The molecule has 26 heavy (non-hydrogen) atoms. The van der Waals surface area contributed by atoms with E-state index in [1.165, 1.54) is 12.3 Å². The minimum absolute atomic E-state index is 0.170. The van der Waals surface area contributed by atoms with Crippen molar-refractivity contribution in [2.24, 2.45) is 0 Å². The van der Waals surface area contributed by atoms with Crippen LogP contribution in [0.15, 0.2) is 35.5 Å². The first-order chi connectivity index (χ1) is 12.1. The van der Waals surface area contributed by atoms with Gasteiger partial charge in [-0.1, -0.05) is 45.9 Å². The summed E-state index contributed by atoms with van der Waals surface area (Å²) in [6, 6.07) is 6.31. The average molecular weight is 376 g/mol. The Labute approximate surface area is 154 Å². The Balaban J connectivity index is 2.30. The summed E-state index contributed by atoms with van der Waals surface area (Å²) in [4.78, 5) is 12.4. The molecule has 2 amide bonds. The van der Waals surface area contributed by atoms with Crippen molar-refractivity contribution in [3.8, 4) is 0 Å². The Morgan fingerprint density at radius 2 is 1.65 bits per heavy atom. The fraction of sp³-hybridized carbons (Fsp3) is 0.389. The number of hydrogen-bond acceptors (Lipinski definition) is 5. The van der Waals surface area contributed by atoms with Gasteiger partial charge in [-0.25, -0.2) is 9.52 Å². The number of nitrogens with one attached hydrogen (secondary N) is 2. The Hall–Kier alpha value is -2.48. The normalized spacial score (nSPS) is 11.7. The van der Waals surface area contributed by atoms with Crippen molar-refractivity contribution in [2.75, 3.05) is 5.32 Å². The smallest absolute Gasteiger partial charge is 0.307 e. The van der Waals surface area contributed by atoms with Crippen LogP contribution in [-0.2, 0) is 10.0 Å². The molecule has 0 fully saturated rings. The van der Waals surface area contributed by atoms with E-state index in [-0.39, 0.29) is 16.9 Å². The number of hydrogen-bond donors (Lipinski definition) is 2. The highest BCUT2D eigenvalue weighted by atomic mass is 32.2. The van der Waals surface area contributed by atoms with Crippen LogP contribution in [0.25, 0.3) is 0 Å². The van der Waals surface area contributed by atoms with Gasteiger partial charge < -0.3 is 5.32 Å². The zero-order valence-corrected chi connectivity index (χ0v) is 16.4. The summed E-state index contributed by atoms with van der Waals surface area (Å²) >= 11 is 0. The number of carbonyl (C=O) groups excluding carboxylic acids is 1. The molecule has 140 valence electrons. The number of anilines is 1. The van der Waals surface area contributed by atoms with Crippen molar-refractivity contribution in [3.05, 3.63) is 47.2 Å². The fourth-order valence-corrected chi connectivity index (χ4v) is 3.47. The maximum absolute atomic E-state index is 12.4. The molecule has 8 heteroatoms. The van der Waals surface area contributed by atoms with Crippen LogP contribution in [0.1, 0.15) is 56.2 Å². The van der Waals surface area contributed by atoms with Crippen molar-refractivity contribution >= 4 is 21.7 Å². The molecular weight excluding hydrogens is 352 g/mol. The van der Waals surface area contributed by atoms with Crippen LogP contribution in [0.4, 0.5) is 10.5 Å². The molecule has 1 heterocycles. The number of rotatable bonds is 5. The lowest BCUT2D eigenvalue weighted by molar-refractivity contribution is 0.256. The lowest BCUT2D eigenvalue weighted by Crippen LogP contribution is -2.35. The average Bonchev–Trinajstić information content (AvgIpc) is 2.54. The number of carbonyl (C=O) groups is 1. The molecule has 0 atom stereocenters. The third-order valence-corrected chi connectivity index (χ3v) is 5.09. The zero-order chi connectivity index (χ0) is 19.5. The van der Waals surface area contributed by atoms with Crippen LogP contribution in [0.2, 0.25) is 0 Å². The molecular formula is C18H24N4O3S. The quantitative estimate of drug-likeness (QED) is 0.831. The van der Waals surface area contributed by atoms with Gasteiger partial charge in [-0.2, -0.15) is 13.5 Å². The Morgan fingerprint density at radius 3 is 2.15 bits per heavy atom. The molecule has 0 aliphatic carbocycles. The molecule has 1 aromatic carbocycles. The molecule has 0 saturated heterocycles. The summed E-state index contributed by atoms with van der Waals surface area (Å²) in [6.45, 7) is 9.76. The molecule has 2 rings (SSSR count). The summed E-state index contributed by atoms with van der Waals surface area (Å²) in [6.07, 6.45) is 1.44. The SMILES string of the molecule is Cc1cnnc(S(=O)(=O)NC(=O)Nc2c(C(C)C)cccc2C(C)C)c1. The van der Waals surface area contributed by atoms with E-state index in [1.54, 1.807) is 6.92 Å². The number of nitrogens with zero attached hydrogens (tertiary/aromatic N) is 2. The third kappa shape index (κ3) is 4.57. The summed E-state index contributed by atoms with van der Waals surface area (Å²) in [5, 5.41) is 9.61. The van der Waals surface area contributed by atoms with E-state index in [0.29, 0.717) is 11.3 Å². The van der Waals surface area contributed by atoms with Crippen LogP contribution in [-0.4, -0.2) is 24.6 Å². The van der Waals surface area contributed by atoms with E-state index in [9.17, 15) is 13.2 Å². The number of aryl methyl sites for hydroxylation is 1. The summed E-state index contributed by atoms with van der Waals surface area (Å²) in [7, 11) is -4.10. The maximum Gasteiger partial charge on any atom is 0.333 e. The van der Waals surface area contributed by atoms with Gasteiger partial charge in [0, 0.05) is 5.69 Å². The molecule has 0 spiro atoms. The van der Waals surface area contributed by atoms with Crippen molar-refractivity contribution in [2.45, 2.75) is 51.5 Å². The largest absolute Gasteiger partial charge is 0.333 e. The molecule has 2 N–H and O–H groups in total. The van der Waals surface area contributed by atoms with Gasteiger partial charge in [0.1, 0.15) is 0 Å². The topological polar surface area (TPSA) is 101 Å². The number of sulfonamides is 1. The first-order valence-electron chi connectivity index (χ1n) is 8.37. The zero-order valence-electron chi connectivity index (χ0n) is 15.6. The van der Waals surface area contributed by atoms with Crippen molar-refractivity contribution in [1.82, 2.24) is 14.9 Å². The van der Waals surface area contributed by atoms with Gasteiger partial charge >= 0.3 is 6.03 Å². The molecule has 1 aromatic heterocycles. The Bertz CT molecular complexity index is 882. The lowest BCUT2D eigenvalue weighted by Gasteiger charge is -2.20. The van der Waals surface area contributed by atoms with Crippen LogP contribution in [0, 0.1) is 6.92 Å². The van der Waals surface area contributed by atoms with Crippen LogP contribution in [0.5, 0.6) is 0 Å². The summed E-state index contributed by atoms with van der Waals surface area (Å²) in [5.74, 6) is 0.339. The number of benzene rings is 1. The van der Waals surface area contributed by atoms with Crippen LogP contribution < -0.4 is 10.0 Å². The second kappa shape index (κ2) is 7.82. The highest BCUT2D eigenvalue weighted by molar-refractivity contribution is 7.90. The van der Waals surface area contributed by atoms with Crippen LogP contribution in [0.3, 0.4) is 0 Å². The first kappa shape index (κ1) is 19.8. The van der Waals surface area contributed by atoms with Gasteiger partial charge in [0.25, 0.3) is 10.0 Å². The Kier molecular flexibility index (Phi) is 5.97. The van der Waals surface area contributed by atoms with E-state index in [2.05, 4.69) is 15.5 Å². The van der Waals surface area contributed by atoms with Gasteiger partial charge in [-0.05, 0) is 41.5 Å². The van der Waals surface area contributed by atoms with Crippen LogP contribution >= 0.6 is 0 Å². The lowest BCUT2D eigenvalue weighted by atomic mass is 9.93. The highest BCUT2D eigenvalue weighted by Crippen LogP contribution is 2.32. The molecule has 0 saturated carbocycles. The van der Waals surface area contributed by atoms with Gasteiger partial charge in [0.05, 0.1) is 6.20 Å².